The first-order valence-electron chi connectivity index (χ1n) is 7.13. The SMILES string of the molecule is O=[N+]([O-])c1ccc(O[C@H]2C[C@H](OCc3ccccc3)C2)nc1. The molecule has 1 aromatic heterocycles. The number of rotatable bonds is 6. The topological polar surface area (TPSA) is 74.5 Å². The second kappa shape index (κ2) is 6.53. The molecule has 22 heavy (non-hydrogen) atoms. The molecule has 1 aliphatic carbocycles. The number of aromatic nitrogens is 1. The third-order valence-corrected chi connectivity index (χ3v) is 3.60. The summed E-state index contributed by atoms with van der Waals surface area (Å²) in [4.78, 5) is 14.0. The van der Waals surface area contributed by atoms with Crippen molar-refractivity contribution in [3.63, 3.8) is 0 Å². The van der Waals surface area contributed by atoms with Crippen molar-refractivity contribution < 1.29 is 14.4 Å². The van der Waals surface area contributed by atoms with Crippen LogP contribution in [0.25, 0.3) is 0 Å². The van der Waals surface area contributed by atoms with Crippen molar-refractivity contribution >= 4 is 5.69 Å². The molecule has 0 amide bonds. The Kier molecular flexibility index (Phi) is 4.29. The molecule has 1 saturated carbocycles. The molecule has 1 fully saturated rings. The second-order valence-electron chi connectivity index (χ2n) is 5.24. The summed E-state index contributed by atoms with van der Waals surface area (Å²) in [6.07, 6.45) is 3.09. The van der Waals surface area contributed by atoms with E-state index in [1.54, 1.807) is 0 Å². The Hall–Kier alpha value is -2.47. The van der Waals surface area contributed by atoms with Gasteiger partial charge in [0.15, 0.2) is 0 Å². The van der Waals surface area contributed by atoms with Crippen molar-refractivity contribution in [3.05, 3.63) is 64.3 Å². The number of hydrogen-bond acceptors (Lipinski definition) is 5. The summed E-state index contributed by atoms with van der Waals surface area (Å²) in [6, 6.07) is 13.0. The number of nitrogens with zero attached hydrogens (tertiary/aromatic N) is 2. The van der Waals surface area contributed by atoms with E-state index in [2.05, 4.69) is 4.98 Å². The fourth-order valence-electron chi connectivity index (χ4n) is 2.26. The molecule has 0 saturated heterocycles. The van der Waals surface area contributed by atoms with E-state index >= 15 is 0 Å². The van der Waals surface area contributed by atoms with Crippen LogP contribution in [-0.2, 0) is 11.3 Å². The lowest BCUT2D eigenvalue weighted by atomic mass is 9.92. The molecule has 0 bridgehead atoms. The Balaban J connectivity index is 1.41. The van der Waals surface area contributed by atoms with Gasteiger partial charge in [-0.1, -0.05) is 30.3 Å². The van der Waals surface area contributed by atoms with Crippen molar-refractivity contribution in [2.45, 2.75) is 31.7 Å². The summed E-state index contributed by atoms with van der Waals surface area (Å²) in [5, 5.41) is 10.5. The van der Waals surface area contributed by atoms with E-state index in [0.717, 1.165) is 18.4 Å². The van der Waals surface area contributed by atoms with Crippen LogP contribution in [0.2, 0.25) is 0 Å². The molecule has 6 heteroatoms. The molecule has 6 nitrogen and oxygen atoms in total. The number of ether oxygens (including phenoxy) is 2. The van der Waals surface area contributed by atoms with Crippen molar-refractivity contribution in [1.82, 2.24) is 4.98 Å². The molecule has 0 atom stereocenters. The minimum absolute atomic E-state index is 0.0370. The van der Waals surface area contributed by atoms with E-state index in [1.807, 2.05) is 30.3 Å². The van der Waals surface area contributed by atoms with Crippen molar-refractivity contribution in [2.75, 3.05) is 0 Å². The Bertz CT molecular complexity index is 624. The first-order chi connectivity index (χ1) is 10.7. The maximum atomic E-state index is 10.5. The van der Waals surface area contributed by atoms with Crippen LogP contribution in [0.3, 0.4) is 0 Å². The lowest BCUT2D eigenvalue weighted by Crippen LogP contribution is -2.39. The molecule has 1 heterocycles. The monoisotopic (exact) mass is 300 g/mol. The van der Waals surface area contributed by atoms with Crippen LogP contribution in [0.4, 0.5) is 5.69 Å². The summed E-state index contributed by atoms with van der Waals surface area (Å²) in [5.41, 5.74) is 1.12. The fourth-order valence-corrected chi connectivity index (χ4v) is 2.26. The highest BCUT2D eigenvalue weighted by Gasteiger charge is 2.32. The van der Waals surface area contributed by atoms with Crippen LogP contribution in [0, 0.1) is 10.1 Å². The third-order valence-electron chi connectivity index (χ3n) is 3.60. The van der Waals surface area contributed by atoms with Crippen LogP contribution >= 0.6 is 0 Å². The van der Waals surface area contributed by atoms with Gasteiger partial charge in [0.2, 0.25) is 5.88 Å². The van der Waals surface area contributed by atoms with E-state index in [9.17, 15) is 10.1 Å². The minimum atomic E-state index is -0.479. The predicted octanol–water partition coefficient (Wildman–Crippen LogP) is 3.12. The average molecular weight is 300 g/mol. The van der Waals surface area contributed by atoms with Crippen LogP contribution in [0.1, 0.15) is 18.4 Å². The van der Waals surface area contributed by atoms with Gasteiger partial charge in [-0.3, -0.25) is 10.1 Å². The molecular formula is C16H16N2O4. The third kappa shape index (κ3) is 3.59. The zero-order chi connectivity index (χ0) is 15.4. The summed E-state index contributed by atoms with van der Waals surface area (Å²) < 4.78 is 11.4. The summed E-state index contributed by atoms with van der Waals surface area (Å²) in [7, 11) is 0. The molecule has 1 aromatic carbocycles. The second-order valence-corrected chi connectivity index (χ2v) is 5.24. The van der Waals surface area contributed by atoms with E-state index in [0.29, 0.717) is 12.5 Å². The number of benzene rings is 1. The molecule has 0 radical (unpaired) electrons. The van der Waals surface area contributed by atoms with Crippen LogP contribution in [-0.4, -0.2) is 22.1 Å². The zero-order valence-corrected chi connectivity index (χ0v) is 11.9. The maximum Gasteiger partial charge on any atom is 0.287 e. The van der Waals surface area contributed by atoms with Gasteiger partial charge in [0, 0.05) is 25.0 Å². The van der Waals surface area contributed by atoms with E-state index in [4.69, 9.17) is 9.47 Å². The van der Waals surface area contributed by atoms with Gasteiger partial charge in [-0.15, -0.1) is 0 Å². The van der Waals surface area contributed by atoms with Crippen LogP contribution in [0.15, 0.2) is 48.7 Å². The Morgan fingerprint density at radius 3 is 2.55 bits per heavy atom. The largest absolute Gasteiger partial charge is 0.474 e. The van der Waals surface area contributed by atoms with Crippen LogP contribution in [0.5, 0.6) is 5.88 Å². The zero-order valence-electron chi connectivity index (χ0n) is 11.9. The fraction of sp³-hybridized carbons (Fsp3) is 0.312. The summed E-state index contributed by atoms with van der Waals surface area (Å²) >= 11 is 0. The smallest absolute Gasteiger partial charge is 0.287 e. The molecule has 0 spiro atoms. The molecule has 0 aliphatic heterocycles. The normalized spacial score (nSPS) is 20.2. The maximum absolute atomic E-state index is 10.5. The van der Waals surface area contributed by atoms with Gasteiger partial charge in [-0.05, 0) is 5.56 Å². The van der Waals surface area contributed by atoms with E-state index < -0.39 is 4.92 Å². The van der Waals surface area contributed by atoms with Gasteiger partial charge < -0.3 is 9.47 Å². The highest BCUT2D eigenvalue weighted by atomic mass is 16.6. The quantitative estimate of drug-likeness (QED) is 0.605. The minimum Gasteiger partial charge on any atom is -0.474 e. The van der Waals surface area contributed by atoms with Gasteiger partial charge in [0.1, 0.15) is 12.3 Å². The molecule has 0 N–H and O–H groups in total. The Morgan fingerprint density at radius 1 is 1.14 bits per heavy atom. The van der Waals surface area contributed by atoms with Gasteiger partial charge in [-0.25, -0.2) is 4.98 Å². The van der Waals surface area contributed by atoms with Crippen molar-refractivity contribution in [1.29, 1.82) is 0 Å². The number of hydrogen-bond donors (Lipinski definition) is 0. The molecule has 3 rings (SSSR count). The van der Waals surface area contributed by atoms with Gasteiger partial charge >= 0.3 is 0 Å². The number of nitro groups is 1. The van der Waals surface area contributed by atoms with Crippen molar-refractivity contribution in [3.8, 4) is 5.88 Å². The molecule has 1 aliphatic rings. The lowest BCUT2D eigenvalue weighted by Gasteiger charge is -2.34. The molecular weight excluding hydrogens is 284 g/mol. The first kappa shape index (κ1) is 14.5. The highest BCUT2D eigenvalue weighted by molar-refractivity contribution is 5.29. The lowest BCUT2D eigenvalue weighted by molar-refractivity contribution is -0.385. The first-order valence-corrected chi connectivity index (χ1v) is 7.13. The molecule has 0 unspecified atom stereocenters. The van der Waals surface area contributed by atoms with E-state index in [-0.39, 0.29) is 17.9 Å². The van der Waals surface area contributed by atoms with Crippen LogP contribution < -0.4 is 4.74 Å². The predicted molar refractivity (Wildman–Crippen MR) is 79.6 cm³/mol. The molecule has 2 aromatic rings. The van der Waals surface area contributed by atoms with Gasteiger partial charge in [0.05, 0.1) is 17.6 Å². The highest BCUT2D eigenvalue weighted by Crippen LogP contribution is 2.28. The van der Waals surface area contributed by atoms with Gasteiger partial charge in [0.25, 0.3) is 5.69 Å². The van der Waals surface area contributed by atoms with Crippen molar-refractivity contribution in [2.24, 2.45) is 0 Å². The Morgan fingerprint density at radius 2 is 1.91 bits per heavy atom. The van der Waals surface area contributed by atoms with E-state index in [1.165, 1.54) is 18.3 Å². The molecule has 114 valence electrons. The Labute approximate surface area is 127 Å². The van der Waals surface area contributed by atoms with Gasteiger partial charge in [-0.2, -0.15) is 0 Å². The average Bonchev–Trinajstić information content (AvgIpc) is 2.51. The standard InChI is InChI=1S/C16H16N2O4/c19-18(20)13-6-7-16(17-10-13)22-15-8-14(9-15)21-11-12-4-2-1-3-5-12/h1-7,10,14-15H,8-9,11H2/t14-,15-. The number of pyridine rings is 1. The summed E-state index contributed by atoms with van der Waals surface area (Å²) in [6.45, 7) is 0.605. The summed E-state index contributed by atoms with van der Waals surface area (Å²) in [5.74, 6) is 0.414.